The highest BCUT2D eigenvalue weighted by Gasteiger charge is 2.25. The maximum absolute atomic E-state index is 12.6. The maximum Gasteiger partial charge on any atom is 0.231 e. The molecule has 0 spiro atoms. The second-order valence-electron chi connectivity index (χ2n) is 7.60. The van der Waals surface area contributed by atoms with Gasteiger partial charge in [-0.05, 0) is 29.2 Å². The minimum atomic E-state index is 0.0698. The van der Waals surface area contributed by atoms with Crippen molar-refractivity contribution in [2.45, 2.75) is 25.3 Å². The third kappa shape index (κ3) is 4.89. The minimum Gasteiger partial charge on any atom is -0.454 e. The molecule has 1 saturated heterocycles. The van der Waals surface area contributed by atoms with Crippen molar-refractivity contribution < 1.29 is 19.0 Å². The quantitative estimate of drug-likeness (QED) is 0.779. The number of nitrogens with one attached hydrogen (secondary N) is 1. The molecule has 1 N–H and O–H groups in total. The average Bonchev–Trinajstić information content (AvgIpc) is 3.23. The molecule has 2 aromatic rings. The summed E-state index contributed by atoms with van der Waals surface area (Å²) in [5, 5.41) is 3.15. The third-order valence-electron chi connectivity index (χ3n) is 5.62. The molecule has 0 aliphatic carbocycles. The fraction of sp³-hybridized carbons (Fsp3) is 0.435. The number of hydrogen-bond acceptors (Lipinski definition) is 5. The number of amides is 1. The zero-order valence-electron chi connectivity index (χ0n) is 16.8. The van der Waals surface area contributed by atoms with E-state index in [4.69, 9.17) is 14.2 Å². The van der Waals surface area contributed by atoms with E-state index in [1.165, 1.54) is 5.56 Å². The first-order valence-electron chi connectivity index (χ1n) is 10.2. The second kappa shape index (κ2) is 9.29. The molecule has 2 unspecified atom stereocenters. The zero-order valence-corrected chi connectivity index (χ0v) is 16.8. The SMILES string of the molecule is CC(CC(=O)NCC(c1ccc2c(c1)OCO2)N1CCOCC1)c1ccccc1. The smallest absolute Gasteiger partial charge is 0.231 e. The van der Waals surface area contributed by atoms with Crippen molar-refractivity contribution in [1.29, 1.82) is 0 Å². The van der Waals surface area contributed by atoms with Gasteiger partial charge in [0.1, 0.15) is 0 Å². The van der Waals surface area contributed by atoms with Crippen molar-refractivity contribution in [3.05, 3.63) is 59.7 Å². The van der Waals surface area contributed by atoms with Gasteiger partial charge in [-0.15, -0.1) is 0 Å². The van der Waals surface area contributed by atoms with Crippen LogP contribution in [0.4, 0.5) is 0 Å². The number of carbonyl (C=O) groups excluding carboxylic acids is 1. The number of carbonyl (C=O) groups is 1. The van der Waals surface area contributed by atoms with Crippen molar-refractivity contribution in [1.82, 2.24) is 10.2 Å². The molecule has 0 bridgehead atoms. The van der Waals surface area contributed by atoms with Crippen LogP contribution in [-0.2, 0) is 9.53 Å². The highest BCUT2D eigenvalue weighted by atomic mass is 16.7. The Morgan fingerprint density at radius 3 is 2.59 bits per heavy atom. The molecule has 6 heteroatoms. The van der Waals surface area contributed by atoms with Crippen LogP contribution in [0, 0.1) is 0 Å². The first kappa shape index (κ1) is 19.7. The zero-order chi connectivity index (χ0) is 20.1. The van der Waals surface area contributed by atoms with Gasteiger partial charge in [0.05, 0.1) is 19.3 Å². The summed E-state index contributed by atoms with van der Waals surface area (Å²) < 4.78 is 16.5. The lowest BCUT2D eigenvalue weighted by atomic mass is 9.97. The summed E-state index contributed by atoms with van der Waals surface area (Å²) in [6.45, 7) is 6.01. The maximum atomic E-state index is 12.6. The molecule has 4 rings (SSSR count). The van der Waals surface area contributed by atoms with Crippen LogP contribution < -0.4 is 14.8 Å². The highest BCUT2D eigenvalue weighted by Crippen LogP contribution is 2.35. The monoisotopic (exact) mass is 396 g/mol. The molecule has 2 aliphatic heterocycles. The van der Waals surface area contributed by atoms with E-state index >= 15 is 0 Å². The van der Waals surface area contributed by atoms with Crippen molar-refractivity contribution in [2.24, 2.45) is 0 Å². The number of hydrogen-bond donors (Lipinski definition) is 1. The number of rotatable bonds is 7. The molecular formula is C23H28N2O4. The summed E-state index contributed by atoms with van der Waals surface area (Å²) in [6, 6.07) is 16.3. The van der Waals surface area contributed by atoms with Gasteiger partial charge in [0.15, 0.2) is 11.5 Å². The predicted octanol–water partition coefficient (Wildman–Crippen LogP) is 3.10. The summed E-state index contributed by atoms with van der Waals surface area (Å²) in [5.74, 6) is 1.80. The summed E-state index contributed by atoms with van der Waals surface area (Å²) in [5.41, 5.74) is 2.30. The molecule has 0 saturated carbocycles. The number of morpholine rings is 1. The van der Waals surface area contributed by atoms with Gasteiger partial charge in [0.25, 0.3) is 0 Å². The lowest BCUT2D eigenvalue weighted by molar-refractivity contribution is -0.121. The van der Waals surface area contributed by atoms with E-state index in [2.05, 4.69) is 35.3 Å². The van der Waals surface area contributed by atoms with Crippen LogP contribution >= 0.6 is 0 Å². The van der Waals surface area contributed by atoms with Gasteiger partial charge in [-0.2, -0.15) is 0 Å². The Bertz CT molecular complexity index is 821. The van der Waals surface area contributed by atoms with Crippen molar-refractivity contribution in [3.63, 3.8) is 0 Å². The fourth-order valence-electron chi connectivity index (χ4n) is 3.93. The van der Waals surface area contributed by atoms with Crippen molar-refractivity contribution >= 4 is 5.91 Å². The molecule has 0 radical (unpaired) electrons. The molecule has 29 heavy (non-hydrogen) atoms. The van der Waals surface area contributed by atoms with Crippen LogP contribution in [0.5, 0.6) is 11.5 Å². The lowest BCUT2D eigenvalue weighted by Crippen LogP contribution is -2.43. The number of nitrogens with zero attached hydrogens (tertiary/aromatic N) is 1. The normalized spacial score (nSPS) is 18.2. The summed E-state index contributed by atoms with van der Waals surface area (Å²) >= 11 is 0. The summed E-state index contributed by atoms with van der Waals surface area (Å²) in [4.78, 5) is 15.0. The van der Waals surface area contributed by atoms with Gasteiger partial charge < -0.3 is 19.5 Å². The van der Waals surface area contributed by atoms with E-state index in [0.717, 1.165) is 30.2 Å². The first-order valence-corrected chi connectivity index (χ1v) is 10.2. The van der Waals surface area contributed by atoms with Gasteiger partial charge in [-0.1, -0.05) is 43.3 Å². The second-order valence-corrected chi connectivity index (χ2v) is 7.60. The van der Waals surface area contributed by atoms with Gasteiger partial charge in [0.2, 0.25) is 12.7 Å². The molecule has 154 valence electrons. The van der Waals surface area contributed by atoms with Gasteiger partial charge >= 0.3 is 0 Å². The molecule has 1 amide bonds. The number of ether oxygens (including phenoxy) is 3. The van der Waals surface area contributed by atoms with Crippen LogP contribution in [0.15, 0.2) is 48.5 Å². The standard InChI is InChI=1S/C23H28N2O4/c1-17(18-5-3-2-4-6-18)13-23(26)24-15-20(25-9-11-27-12-10-25)19-7-8-21-22(14-19)29-16-28-21/h2-8,14,17,20H,9-13,15-16H2,1H3,(H,24,26). The fourth-order valence-corrected chi connectivity index (χ4v) is 3.93. The molecule has 6 nitrogen and oxygen atoms in total. The Balaban J connectivity index is 1.42. The van der Waals surface area contributed by atoms with E-state index in [1.54, 1.807) is 0 Å². The minimum absolute atomic E-state index is 0.0698. The molecule has 2 heterocycles. The number of benzene rings is 2. The van der Waals surface area contributed by atoms with Gasteiger partial charge in [0, 0.05) is 26.1 Å². The highest BCUT2D eigenvalue weighted by molar-refractivity contribution is 5.76. The Morgan fingerprint density at radius 2 is 1.79 bits per heavy atom. The van der Waals surface area contributed by atoms with Crippen LogP contribution in [0.1, 0.15) is 36.4 Å². The van der Waals surface area contributed by atoms with E-state index in [9.17, 15) is 4.79 Å². The van der Waals surface area contributed by atoms with Gasteiger partial charge in [-0.25, -0.2) is 0 Å². The Kier molecular flexibility index (Phi) is 6.32. The van der Waals surface area contributed by atoms with E-state index < -0.39 is 0 Å². The third-order valence-corrected chi connectivity index (χ3v) is 5.62. The largest absolute Gasteiger partial charge is 0.454 e. The van der Waals surface area contributed by atoms with Crippen LogP contribution in [0.3, 0.4) is 0 Å². The van der Waals surface area contributed by atoms with Crippen molar-refractivity contribution in [2.75, 3.05) is 39.6 Å². The molecule has 1 fully saturated rings. The van der Waals surface area contributed by atoms with E-state index in [-0.39, 0.29) is 24.7 Å². The topological polar surface area (TPSA) is 60.0 Å². The predicted molar refractivity (Wildman–Crippen MR) is 110 cm³/mol. The van der Waals surface area contributed by atoms with E-state index in [0.29, 0.717) is 26.2 Å². The first-order chi connectivity index (χ1) is 14.2. The van der Waals surface area contributed by atoms with Crippen molar-refractivity contribution in [3.8, 4) is 11.5 Å². The Labute approximate surface area is 171 Å². The Hall–Kier alpha value is -2.57. The average molecular weight is 396 g/mol. The Morgan fingerprint density at radius 1 is 1.03 bits per heavy atom. The molecule has 2 atom stereocenters. The lowest BCUT2D eigenvalue weighted by Gasteiger charge is -2.35. The van der Waals surface area contributed by atoms with Gasteiger partial charge in [-0.3, -0.25) is 9.69 Å². The van der Waals surface area contributed by atoms with Crippen LogP contribution in [0.2, 0.25) is 0 Å². The molecular weight excluding hydrogens is 368 g/mol. The molecule has 2 aliphatic rings. The molecule has 2 aromatic carbocycles. The van der Waals surface area contributed by atoms with Crippen LogP contribution in [-0.4, -0.2) is 50.4 Å². The molecule has 0 aromatic heterocycles. The summed E-state index contributed by atoms with van der Waals surface area (Å²) in [6.07, 6.45) is 0.473. The number of fused-ring (bicyclic) bond motifs is 1. The van der Waals surface area contributed by atoms with E-state index in [1.807, 2.05) is 30.3 Å². The summed E-state index contributed by atoms with van der Waals surface area (Å²) in [7, 11) is 0. The van der Waals surface area contributed by atoms with Crippen LogP contribution in [0.25, 0.3) is 0 Å².